The van der Waals surface area contributed by atoms with E-state index in [1.165, 1.54) is 32.1 Å². The van der Waals surface area contributed by atoms with Crippen LogP contribution in [-0.4, -0.2) is 11.9 Å². The van der Waals surface area contributed by atoms with Gasteiger partial charge in [-0.15, -0.1) is 0 Å². The van der Waals surface area contributed by atoms with E-state index in [0.717, 1.165) is 24.8 Å². The maximum atomic E-state index is 12.5. The van der Waals surface area contributed by atoms with Crippen molar-refractivity contribution < 1.29 is 4.79 Å². The van der Waals surface area contributed by atoms with Crippen molar-refractivity contribution in [3.05, 3.63) is 35.9 Å². The number of carbonyl (C=O) groups is 1. The second-order valence-corrected chi connectivity index (χ2v) is 5.92. The monoisotopic (exact) mass is 273 g/mol. The summed E-state index contributed by atoms with van der Waals surface area (Å²) in [6, 6.07) is 10.5. The average Bonchev–Trinajstić information content (AvgIpc) is 2.44. The molecule has 0 radical (unpaired) electrons. The second-order valence-electron chi connectivity index (χ2n) is 5.92. The smallest absolute Gasteiger partial charge is 0.227 e. The van der Waals surface area contributed by atoms with Crippen molar-refractivity contribution in [1.82, 2.24) is 5.32 Å². The molecule has 0 spiro atoms. The number of benzene rings is 1. The fourth-order valence-corrected chi connectivity index (χ4v) is 3.16. The van der Waals surface area contributed by atoms with Crippen LogP contribution in [0, 0.1) is 0 Å². The molecule has 1 aromatic carbocycles. The molecule has 0 bridgehead atoms. The molecule has 1 N–H and O–H groups in total. The van der Waals surface area contributed by atoms with E-state index in [-0.39, 0.29) is 11.8 Å². The van der Waals surface area contributed by atoms with Gasteiger partial charge in [-0.05, 0) is 24.8 Å². The summed E-state index contributed by atoms with van der Waals surface area (Å²) in [7, 11) is 0. The zero-order valence-electron chi connectivity index (χ0n) is 12.6. The molecule has 2 heteroatoms. The van der Waals surface area contributed by atoms with Crippen LogP contribution < -0.4 is 5.32 Å². The fraction of sp³-hybridized carbons (Fsp3) is 0.611. The van der Waals surface area contributed by atoms with Crippen LogP contribution in [0.4, 0.5) is 0 Å². The molecule has 0 saturated heterocycles. The first-order valence-electron chi connectivity index (χ1n) is 8.16. The number of nitrogens with one attached hydrogen (secondary N) is 1. The summed E-state index contributed by atoms with van der Waals surface area (Å²) in [5, 5.41) is 3.30. The highest BCUT2D eigenvalue weighted by Crippen LogP contribution is 2.22. The molecule has 2 nitrogen and oxygen atoms in total. The van der Waals surface area contributed by atoms with Gasteiger partial charge in [-0.3, -0.25) is 4.79 Å². The van der Waals surface area contributed by atoms with Crippen molar-refractivity contribution in [3.63, 3.8) is 0 Å². The van der Waals surface area contributed by atoms with Crippen LogP contribution in [0.3, 0.4) is 0 Å². The zero-order chi connectivity index (χ0) is 14.2. The minimum absolute atomic E-state index is 0.00152. The molecule has 2 rings (SSSR count). The Kier molecular flexibility index (Phi) is 6.10. The highest BCUT2D eigenvalue weighted by atomic mass is 16.1. The number of hydrogen-bond donors (Lipinski definition) is 1. The van der Waals surface area contributed by atoms with Gasteiger partial charge in [-0.1, -0.05) is 69.4 Å². The molecular formula is C18H27NO. The molecule has 0 aromatic heterocycles. The van der Waals surface area contributed by atoms with Gasteiger partial charge in [0.15, 0.2) is 0 Å². The van der Waals surface area contributed by atoms with Gasteiger partial charge in [0, 0.05) is 6.04 Å². The van der Waals surface area contributed by atoms with Gasteiger partial charge in [-0.25, -0.2) is 0 Å². The third kappa shape index (κ3) is 4.36. The lowest BCUT2D eigenvalue weighted by Gasteiger charge is -2.24. The third-order valence-corrected chi connectivity index (χ3v) is 4.38. The average molecular weight is 273 g/mol. The molecule has 1 aliphatic rings. The predicted octanol–water partition coefficient (Wildman–Crippen LogP) is 4.41. The standard InChI is InChI=1S/C18H27NO/c1-2-17(15-11-7-6-8-12-15)18(20)19-16-13-9-4-3-5-10-14-16/h6-8,11-12,16-17H,2-5,9-10,13-14H2,1H3,(H,19,20). The summed E-state index contributed by atoms with van der Waals surface area (Å²) >= 11 is 0. The van der Waals surface area contributed by atoms with Gasteiger partial charge in [0.05, 0.1) is 5.92 Å². The molecule has 1 amide bonds. The van der Waals surface area contributed by atoms with E-state index in [1.54, 1.807) is 0 Å². The maximum absolute atomic E-state index is 12.5. The Morgan fingerprint density at radius 2 is 1.70 bits per heavy atom. The van der Waals surface area contributed by atoms with Crippen molar-refractivity contribution in [1.29, 1.82) is 0 Å². The SMILES string of the molecule is CCC(C(=O)NC1CCCCCCC1)c1ccccc1. The minimum atomic E-state index is 0.00152. The molecule has 1 saturated carbocycles. The number of carbonyl (C=O) groups excluding carboxylic acids is 1. The highest BCUT2D eigenvalue weighted by Gasteiger charge is 2.21. The van der Waals surface area contributed by atoms with E-state index in [4.69, 9.17) is 0 Å². The van der Waals surface area contributed by atoms with Gasteiger partial charge in [0.1, 0.15) is 0 Å². The maximum Gasteiger partial charge on any atom is 0.227 e. The zero-order valence-corrected chi connectivity index (χ0v) is 12.6. The summed E-state index contributed by atoms with van der Waals surface area (Å²) < 4.78 is 0. The van der Waals surface area contributed by atoms with Crippen LogP contribution in [-0.2, 0) is 4.79 Å². The van der Waals surface area contributed by atoms with Crippen molar-refractivity contribution in [3.8, 4) is 0 Å². The van der Waals surface area contributed by atoms with E-state index in [9.17, 15) is 4.79 Å². The molecular weight excluding hydrogens is 246 g/mol. The molecule has 1 aromatic rings. The largest absolute Gasteiger partial charge is 0.353 e. The first-order valence-corrected chi connectivity index (χ1v) is 8.16. The van der Waals surface area contributed by atoms with Crippen LogP contribution in [0.15, 0.2) is 30.3 Å². The van der Waals surface area contributed by atoms with Gasteiger partial charge in [-0.2, -0.15) is 0 Å². The topological polar surface area (TPSA) is 29.1 Å². The van der Waals surface area contributed by atoms with Gasteiger partial charge in [0.2, 0.25) is 5.91 Å². The first-order chi connectivity index (χ1) is 9.81. The summed E-state index contributed by atoms with van der Waals surface area (Å²) in [6.45, 7) is 2.09. The van der Waals surface area contributed by atoms with E-state index in [1.807, 2.05) is 18.2 Å². The summed E-state index contributed by atoms with van der Waals surface area (Å²) in [5.74, 6) is 0.214. The molecule has 110 valence electrons. The number of amides is 1. The molecule has 20 heavy (non-hydrogen) atoms. The van der Waals surface area contributed by atoms with Crippen LogP contribution >= 0.6 is 0 Å². The Labute approximate surface area is 123 Å². The van der Waals surface area contributed by atoms with E-state index >= 15 is 0 Å². The molecule has 1 fully saturated rings. The number of rotatable bonds is 4. The lowest BCUT2D eigenvalue weighted by molar-refractivity contribution is -0.123. The van der Waals surface area contributed by atoms with E-state index in [2.05, 4.69) is 24.4 Å². The Morgan fingerprint density at radius 3 is 2.30 bits per heavy atom. The molecule has 1 atom stereocenters. The van der Waals surface area contributed by atoms with Crippen molar-refractivity contribution in [2.75, 3.05) is 0 Å². The highest BCUT2D eigenvalue weighted by molar-refractivity contribution is 5.83. The van der Waals surface area contributed by atoms with Crippen LogP contribution in [0.5, 0.6) is 0 Å². The van der Waals surface area contributed by atoms with Gasteiger partial charge in [0.25, 0.3) is 0 Å². The summed E-state index contributed by atoms with van der Waals surface area (Å²) in [6.07, 6.45) is 9.68. The quantitative estimate of drug-likeness (QED) is 0.865. The Balaban J connectivity index is 1.94. The number of hydrogen-bond acceptors (Lipinski definition) is 1. The molecule has 1 unspecified atom stereocenters. The molecule has 0 aliphatic heterocycles. The predicted molar refractivity (Wildman–Crippen MR) is 83.7 cm³/mol. The lowest BCUT2D eigenvalue weighted by atomic mass is 9.93. The second kappa shape index (κ2) is 8.08. The minimum Gasteiger partial charge on any atom is -0.353 e. The Bertz CT molecular complexity index is 393. The Morgan fingerprint density at radius 1 is 1.10 bits per heavy atom. The lowest BCUT2D eigenvalue weighted by Crippen LogP contribution is -2.38. The molecule has 1 aliphatic carbocycles. The van der Waals surface area contributed by atoms with Crippen LogP contribution in [0.1, 0.15) is 69.8 Å². The van der Waals surface area contributed by atoms with Crippen LogP contribution in [0.2, 0.25) is 0 Å². The van der Waals surface area contributed by atoms with Crippen LogP contribution in [0.25, 0.3) is 0 Å². The van der Waals surface area contributed by atoms with Crippen molar-refractivity contribution in [2.45, 2.75) is 70.3 Å². The summed E-state index contributed by atoms with van der Waals surface area (Å²) in [5.41, 5.74) is 1.14. The van der Waals surface area contributed by atoms with Gasteiger partial charge >= 0.3 is 0 Å². The third-order valence-electron chi connectivity index (χ3n) is 4.38. The van der Waals surface area contributed by atoms with Crippen molar-refractivity contribution in [2.24, 2.45) is 0 Å². The molecule has 0 heterocycles. The summed E-state index contributed by atoms with van der Waals surface area (Å²) in [4.78, 5) is 12.5. The normalized spacial score (nSPS) is 18.9. The van der Waals surface area contributed by atoms with E-state index in [0.29, 0.717) is 6.04 Å². The fourth-order valence-electron chi connectivity index (χ4n) is 3.16. The van der Waals surface area contributed by atoms with E-state index < -0.39 is 0 Å². The van der Waals surface area contributed by atoms with Crippen molar-refractivity contribution >= 4 is 5.91 Å². The Hall–Kier alpha value is -1.31. The first kappa shape index (κ1) is 15.1. The van der Waals surface area contributed by atoms with Gasteiger partial charge < -0.3 is 5.32 Å².